The van der Waals surface area contributed by atoms with Crippen LogP contribution < -0.4 is 5.32 Å². The Morgan fingerprint density at radius 1 is 1.09 bits per heavy atom. The molecule has 1 aromatic carbocycles. The highest BCUT2D eigenvalue weighted by Gasteiger charge is 2.15. The van der Waals surface area contributed by atoms with E-state index in [1.54, 1.807) is 30.3 Å². The van der Waals surface area contributed by atoms with Crippen molar-refractivity contribution in [1.82, 2.24) is 24.7 Å². The average Bonchev–Trinajstić information content (AvgIpc) is 3.27. The first-order valence-corrected chi connectivity index (χ1v) is 8.10. The van der Waals surface area contributed by atoms with E-state index in [2.05, 4.69) is 37.5 Å². The zero-order chi connectivity index (χ0) is 15.5. The van der Waals surface area contributed by atoms with Gasteiger partial charge in [-0.15, -0.1) is 11.3 Å². The smallest absolute Gasteiger partial charge is 0.138 e. The molecule has 1 unspecified atom stereocenters. The van der Waals surface area contributed by atoms with Crippen LogP contribution in [0.15, 0.2) is 60.8 Å². The van der Waals surface area contributed by atoms with Gasteiger partial charge >= 0.3 is 0 Å². The van der Waals surface area contributed by atoms with Gasteiger partial charge in [0, 0.05) is 0 Å². The van der Waals surface area contributed by atoms with Crippen molar-refractivity contribution in [2.45, 2.75) is 12.6 Å². The Morgan fingerprint density at radius 2 is 2.00 bits per heavy atom. The number of anilines is 1. The molecule has 4 rings (SSSR count). The van der Waals surface area contributed by atoms with Crippen LogP contribution in [0.4, 0.5) is 5.82 Å². The first kappa shape index (κ1) is 13.8. The second-order valence-electron chi connectivity index (χ2n) is 5.09. The fraction of sp³-hybridized carbons (Fsp3) is 0.125. The number of aromatic nitrogens is 5. The molecule has 3 aromatic heterocycles. The minimum absolute atomic E-state index is 0.0379. The molecule has 0 saturated carbocycles. The van der Waals surface area contributed by atoms with Crippen molar-refractivity contribution in [3.8, 4) is 0 Å². The molecule has 114 valence electrons. The largest absolute Gasteiger partial charge is 0.361 e. The molecule has 0 bridgehead atoms. The van der Waals surface area contributed by atoms with Gasteiger partial charge in [0.1, 0.15) is 29.6 Å². The van der Waals surface area contributed by atoms with Crippen molar-refractivity contribution in [1.29, 1.82) is 0 Å². The summed E-state index contributed by atoms with van der Waals surface area (Å²) in [6.45, 7) is 0.666. The Morgan fingerprint density at radius 3 is 2.83 bits per heavy atom. The van der Waals surface area contributed by atoms with Crippen molar-refractivity contribution in [2.75, 3.05) is 5.32 Å². The summed E-state index contributed by atoms with van der Waals surface area (Å²) < 4.78 is 1.82. The maximum atomic E-state index is 4.41. The zero-order valence-corrected chi connectivity index (χ0v) is 13.0. The van der Waals surface area contributed by atoms with Crippen molar-refractivity contribution < 1.29 is 0 Å². The fourth-order valence-electron chi connectivity index (χ4n) is 2.50. The predicted octanol–water partition coefficient (Wildman–Crippen LogP) is 3.14. The highest BCUT2D eigenvalue weighted by atomic mass is 32.1. The lowest BCUT2D eigenvalue weighted by molar-refractivity contribution is 0.549. The van der Waals surface area contributed by atoms with Gasteiger partial charge in [0.2, 0.25) is 0 Å². The molecule has 7 heteroatoms. The molecular weight excluding hydrogens is 308 g/mol. The molecule has 23 heavy (non-hydrogen) atoms. The molecule has 3 heterocycles. The maximum Gasteiger partial charge on any atom is 0.138 e. The first-order chi connectivity index (χ1) is 11.4. The van der Waals surface area contributed by atoms with Crippen molar-refractivity contribution in [3.05, 3.63) is 66.3 Å². The lowest BCUT2D eigenvalue weighted by Gasteiger charge is -2.20. The van der Waals surface area contributed by atoms with Crippen LogP contribution >= 0.6 is 11.3 Å². The lowest BCUT2D eigenvalue weighted by Crippen LogP contribution is -2.18. The zero-order valence-electron chi connectivity index (χ0n) is 12.2. The van der Waals surface area contributed by atoms with Gasteiger partial charge in [0.05, 0.1) is 18.0 Å². The summed E-state index contributed by atoms with van der Waals surface area (Å²) >= 11 is 1.61. The highest BCUT2D eigenvalue weighted by Crippen LogP contribution is 2.27. The Balaban J connectivity index is 1.69. The number of nitrogens with zero attached hydrogens (tertiary/aromatic N) is 5. The number of hydrogen-bond acceptors (Lipinski definition) is 6. The number of fused-ring (bicyclic) bond motifs is 1. The van der Waals surface area contributed by atoms with Gasteiger partial charge in [-0.05, 0) is 17.0 Å². The number of nitrogens with one attached hydrogen (secondary N) is 1. The first-order valence-electron chi connectivity index (χ1n) is 7.22. The van der Waals surface area contributed by atoms with E-state index in [1.165, 1.54) is 5.56 Å². The molecule has 6 nitrogen and oxygen atoms in total. The van der Waals surface area contributed by atoms with Gasteiger partial charge in [-0.25, -0.2) is 15.0 Å². The van der Waals surface area contributed by atoms with E-state index in [1.807, 2.05) is 34.3 Å². The summed E-state index contributed by atoms with van der Waals surface area (Å²) in [6, 6.07) is 12.4. The van der Waals surface area contributed by atoms with E-state index in [0.29, 0.717) is 6.54 Å². The normalized spacial score (nSPS) is 12.3. The van der Waals surface area contributed by atoms with Gasteiger partial charge < -0.3 is 5.32 Å². The molecule has 0 aliphatic carbocycles. The third kappa shape index (κ3) is 2.91. The molecule has 0 aliphatic heterocycles. The molecule has 0 spiro atoms. The minimum Gasteiger partial charge on any atom is -0.361 e. The lowest BCUT2D eigenvalue weighted by atomic mass is 10.1. The van der Waals surface area contributed by atoms with Gasteiger partial charge in [-0.1, -0.05) is 30.3 Å². The Hall–Kier alpha value is -2.80. The van der Waals surface area contributed by atoms with Gasteiger partial charge in [-0.3, -0.25) is 4.68 Å². The number of benzene rings is 1. The Bertz CT molecular complexity index is 887. The topological polar surface area (TPSA) is 68.5 Å². The molecule has 0 aliphatic rings. The average molecular weight is 322 g/mol. The number of rotatable bonds is 5. The quantitative estimate of drug-likeness (QED) is 0.611. The maximum absolute atomic E-state index is 4.41. The van der Waals surface area contributed by atoms with E-state index in [-0.39, 0.29) is 6.04 Å². The molecule has 1 N–H and O–H groups in total. The van der Waals surface area contributed by atoms with Gasteiger partial charge in [0.15, 0.2) is 0 Å². The van der Waals surface area contributed by atoms with Crippen LogP contribution in [0.5, 0.6) is 0 Å². The second-order valence-corrected chi connectivity index (χ2v) is 5.98. The van der Waals surface area contributed by atoms with Crippen LogP contribution in [0.1, 0.15) is 11.6 Å². The van der Waals surface area contributed by atoms with Crippen LogP contribution in [-0.4, -0.2) is 24.7 Å². The number of thiophene rings is 1. The van der Waals surface area contributed by atoms with Crippen LogP contribution in [0.3, 0.4) is 0 Å². The minimum atomic E-state index is 0.0379. The van der Waals surface area contributed by atoms with Gasteiger partial charge in [-0.2, -0.15) is 5.10 Å². The van der Waals surface area contributed by atoms with E-state index in [4.69, 9.17) is 0 Å². The summed E-state index contributed by atoms with van der Waals surface area (Å²) in [5.74, 6) is 0.838. The molecule has 0 saturated heterocycles. The van der Waals surface area contributed by atoms with Crippen molar-refractivity contribution in [2.24, 2.45) is 0 Å². The van der Waals surface area contributed by atoms with Crippen molar-refractivity contribution >= 4 is 27.4 Å². The Labute approximate surface area is 136 Å². The molecule has 0 fully saturated rings. The van der Waals surface area contributed by atoms with E-state index >= 15 is 0 Å². The number of hydrogen-bond donors (Lipinski definition) is 1. The van der Waals surface area contributed by atoms with E-state index in [9.17, 15) is 0 Å². The third-order valence-corrected chi connectivity index (χ3v) is 4.43. The van der Waals surface area contributed by atoms with Crippen LogP contribution in [0.2, 0.25) is 0 Å². The Kier molecular flexibility index (Phi) is 3.69. The molecule has 1 atom stereocenters. The monoisotopic (exact) mass is 322 g/mol. The standard InChI is InChI=1S/C16H14N6S/c1-2-4-12(5-3-1)14(8-22-11-17-9-20-22)21-15-13-6-7-23-16(13)19-10-18-15/h1-7,9-11,14H,8H2,(H,18,19,21). The summed E-state index contributed by atoms with van der Waals surface area (Å²) in [4.78, 5) is 13.7. The van der Waals surface area contributed by atoms with Crippen LogP contribution in [-0.2, 0) is 6.54 Å². The third-order valence-electron chi connectivity index (χ3n) is 3.61. The van der Waals surface area contributed by atoms with Gasteiger partial charge in [0.25, 0.3) is 0 Å². The summed E-state index contributed by atoms with van der Waals surface area (Å²) in [7, 11) is 0. The fourth-order valence-corrected chi connectivity index (χ4v) is 3.24. The predicted molar refractivity (Wildman–Crippen MR) is 90.2 cm³/mol. The SMILES string of the molecule is c1ccc(C(Cn2cncn2)Nc2ncnc3sccc23)cc1. The molecule has 0 amide bonds. The van der Waals surface area contributed by atoms with Crippen LogP contribution in [0, 0.1) is 0 Å². The van der Waals surface area contributed by atoms with Crippen molar-refractivity contribution in [3.63, 3.8) is 0 Å². The summed E-state index contributed by atoms with van der Waals surface area (Å²) in [5, 5.41) is 10.8. The molecular formula is C16H14N6S. The second kappa shape index (κ2) is 6.13. The van der Waals surface area contributed by atoms with E-state index < -0.39 is 0 Å². The van der Waals surface area contributed by atoms with Crippen LogP contribution in [0.25, 0.3) is 10.2 Å². The molecule has 4 aromatic rings. The summed E-state index contributed by atoms with van der Waals surface area (Å²) in [6.07, 6.45) is 4.86. The summed E-state index contributed by atoms with van der Waals surface area (Å²) in [5.41, 5.74) is 1.17. The highest BCUT2D eigenvalue weighted by molar-refractivity contribution is 7.16. The molecule has 0 radical (unpaired) electrons. The van der Waals surface area contributed by atoms with E-state index in [0.717, 1.165) is 16.0 Å².